The van der Waals surface area contributed by atoms with Gasteiger partial charge < -0.3 is 29.0 Å². The molecule has 1 aromatic carbocycles. The number of thiophene rings is 1. The quantitative estimate of drug-likeness (QED) is 0.473. The van der Waals surface area contributed by atoms with Crippen molar-refractivity contribution in [1.29, 1.82) is 0 Å². The summed E-state index contributed by atoms with van der Waals surface area (Å²) in [7, 11) is 5.70. The predicted octanol–water partition coefficient (Wildman–Crippen LogP) is 2.76. The van der Waals surface area contributed by atoms with E-state index >= 15 is 0 Å². The molecule has 0 spiro atoms. The van der Waals surface area contributed by atoms with Crippen LogP contribution in [0, 0.1) is 0 Å². The van der Waals surface area contributed by atoms with Crippen molar-refractivity contribution in [1.82, 2.24) is 0 Å². The van der Waals surface area contributed by atoms with Crippen LogP contribution in [-0.2, 0) is 19.1 Å². The van der Waals surface area contributed by atoms with Crippen LogP contribution in [-0.4, -0.2) is 52.9 Å². The van der Waals surface area contributed by atoms with Crippen molar-refractivity contribution in [2.75, 3.05) is 40.4 Å². The molecule has 2 aromatic rings. The van der Waals surface area contributed by atoms with Gasteiger partial charge in [0, 0.05) is 6.08 Å². The number of ether oxygens (including phenoxy) is 5. The summed E-state index contributed by atoms with van der Waals surface area (Å²) in [6.07, 6.45) is 2.65. The molecule has 0 saturated carbocycles. The molecule has 0 bridgehead atoms. The van der Waals surface area contributed by atoms with Crippen LogP contribution in [0.1, 0.15) is 15.2 Å². The summed E-state index contributed by atoms with van der Waals surface area (Å²) in [6.45, 7) is -0.519. The highest BCUT2D eigenvalue weighted by atomic mass is 32.1. The van der Waals surface area contributed by atoms with Crippen molar-refractivity contribution >= 4 is 40.9 Å². The number of rotatable bonds is 9. The molecule has 0 saturated heterocycles. The Morgan fingerprint density at radius 1 is 1.03 bits per heavy atom. The molecule has 0 unspecified atom stereocenters. The fourth-order valence-electron chi connectivity index (χ4n) is 2.39. The highest BCUT2D eigenvalue weighted by Crippen LogP contribution is 2.38. The lowest BCUT2D eigenvalue weighted by Crippen LogP contribution is -2.21. The Kier molecular flexibility index (Phi) is 8.24. The Hall–Kier alpha value is -3.53. The summed E-state index contributed by atoms with van der Waals surface area (Å²) >= 11 is 1.13. The molecule has 1 N–H and O–H groups in total. The van der Waals surface area contributed by atoms with Crippen LogP contribution in [0.4, 0.5) is 5.69 Å². The third-order valence-electron chi connectivity index (χ3n) is 3.75. The van der Waals surface area contributed by atoms with E-state index in [1.807, 2.05) is 0 Å². The van der Waals surface area contributed by atoms with Gasteiger partial charge in [-0.25, -0.2) is 9.59 Å². The monoisotopic (exact) mass is 435 g/mol. The lowest BCUT2D eigenvalue weighted by molar-refractivity contribution is -0.142. The van der Waals surface area contributed by atoms with Crippen LogP contribution in [0.3, 0.4) is 0 Å². The number of methoxy groups -OCH3 is 4. The van der Waals surface area contributed by atoms with Gasteiger partial charge in [0.15, 0.2) is 18.1 Å². The maximum atomic E-state index is 12.0. The van der Waals surface area contributed by atoms with E-state index in [-0.39, 0.29) is 4.88 Å². The molecular formula is C20H21NO8S. The Labute approximate surface area is 177 Å². The topological polar surface area (TPSA) is 109 Å². The molecule has 0 aliphatic carbocycles. The van der Waals surface area contributed by atoms with Crippen molar-refractivity contribution in [2.24, 2.45) is 0 Å². The Bertz CT molecular complexity index is 925. The summed E-state index contributed by atoms with van der Waals surface area (Å²) in [5.74, 6) is -0.588. The fraction of sp³-hybridized carbons (Fsp3) is 0.250. The van der Waals surface area contributed by atoms with E-state index in [1.54, 1.807) is 23.6 Å². The Morgan fingerprint density at radius 3 is 2.27 bits per heavy atom. The van der Waals surface area contributed by atoms with E-state index < -0.39 is 24.5 Å². The number of carbonyl (C=O) groups excluding carboxylic acids is 3. The molecule has 30 heavy (non-hydrogen) atoms. The molecule has 1 amide bonds. The Balaban J connectivity index is 1.96. The predicted molar refractivity (Wildman–Crippen MR) is 110 cm³/mol. The van der Waals surface area contributed by atoms with Gasteiger partial charge in [-0.3, -0.25) is 4.79 Å². The van der Waals surface area contributed by atoms with E-state index in [1.165, 1.54) is 40.6 Å². The molecule has 0 radical (unpaired) electrons. The SMILES string of the molecule is COC(=O)c1sccc1NC(=O)COC(=O)/C=C/c1cc(OC)c(OC)c(OC)c1. The molecule has 10 heteroatoms. The molecule has 1 heterocycles. The van der Waals surface area contributed by atoms with E-state index in [9.17, 15) is 14.4 Å². The normalized spacial score (nSPS) is 10.4. The maximum absolute atomic E-state index is 12.0. The van der Waals surface area contributed by atoms with Gasteiger partial charge in [-0.1, -0.05) is 0 Å². The zero-order chi connectivity index (χ0) is 22.1. The molecule has 160 valence electrons. The summed E-state index contributed by atoms with van der Waals surface area (Å²) in [5, 5.41) is 4.13. The number of nitrogens with one attached hydrogen (secondary N) is 1. The number of benzene rings is 1. The highest BCUT2D eigenvalue weighted by Gasteiger charge is 2.16. The third kappa shape index (κ3) is 5.74. The van der Waals surface area contributed by atoms with E-state index in [2.05, 4.69) is 10.1 Å². The van der Waals surface area contributed by atoms with E-state index in [0.29, 0.717) is 28.5 Å². The van der Waals surface area contributed by atoms with Crippen LogP contribution in [0.15, 0.2) is 29.7 Å². The lowest BCUT2D eigenvalue weighted by atomic mass is 10.1. The van der Waals surface area contributed by atoms with Gasteiger partial charge in [-0.05, 0) is 35.2 Å². The summed E-state index contributed by atoms with van der Waals surface area (Å²) in [4.78, 5) is 35.8. The smallest absolute Gasteiger partial charge is 0.350 e. The van der Waals surface area contributed by atoms with Crippen LogP contribution >= 0.6 is 11.3 Å². The number of hydrogen-bond acceptors (Lipinski definition) is 9. The molecular weight excluding hydrogens is 414 g/mol. The minimum absolute atomic E-state index is 0.250. The second kappa shape index (κ2) is 10.9. The maximum Gasteiger partial charge on any atom is 0.350 e. The first-order valence-electron chi connectivity index (χ1n) is 8.54. The van der Waals surface area contributed by atoms with Gasteiger partial charge in [0.2, 0.25) is 5.75 Å². The molecule has 0 atom stereocenters. The molecule has 2 rings (SSSR count). The van der Waals surface area contributed by atoms with Crippen molar-refractivity contribution in [2.45, 2.75) is 0 Å². The largest absolute Gasteiger partial charge is 0.493 e. The zero-order valence-corrected chi connectivity index (χ0v) is 17.7. The van der Waals surface area contributed by atoms with E-state index in [4.69, 9.17) is 18.9 Å². The lowest BCUT2D eigenvalue weighted by Gasteiger charge is -2.12. The van der Waals surface area contributed by atoms with Crippen molar-refractivity contribution in [3.63, 3.8) is 0 Å². The van der Waals surface area contributed by atoms with E-state index in [0.717, 1.165) is 11.3 Å². The minimum Gasteiger partial charge on any atom is -0.493 e. The van der Waals surface area contributed by atoms with Crippen LogP contribution in [0.25, 0.3) is 6.08 Å². The van der Waals surface area contributed by atoms with Gasteiger partial charge in [0.25, 0.3) is 5.91 Å². The molecule has 0 aliphatic rings. The van der Waals surface area contributed by atoms with Crippen LogP contribution in [0.2, 0.25) is 0 Å². The van der Waals surface area contributed by atoms with Crippen molar-refractivity contribution in [3.8, 4) is 17.2 Å². The van der Waals surface area contributed by atoms with Crippen molar-refractivity contribution < 1.29 is 38.1 Å². The zero-order valence-electron chi connectivity index (χ0n) is 16.8. The third-order valence-corrected chi connectivity index (χ3v) is 4.65. The Morgan fingerprint density at radius 2 is 1.70 bits per heavy atom. The fourth-order valence-corrected chi connectivity index (χ4v) is 3.16. The average molecular weight is 435 g/mol. The second-order valence-corrected chi connectivity index (χ2v) is 6.52. The molecule has 0 fully saturated rings. The number of anilines is 1. The number of esters is 2. The standard InChI is InChI=1S/C20H21NO8S/c1-25-14-9-12(10-15(26-2)18(14)27-3)5-6-17(23)29-11-16(22)21-13-7-8-30-19(13)20(24)28-4/h5-10H,11H2,1-4H3,(H,21,22)/b6-5+. The minimum atomic E-state index is -0.725. The van der Waals surface area contributed by atoms with Gasteiger partial charge in [-0.2, -0.15) is 0 Å². The number of hydrogen-bond donors (Lipinski definition) is 1. The van der Waals surface area contributed by atoms with Gasteiger partial charge in [0.1, 0.15) is 4.88 Å². The molecule has 9 nitrogen and oxygen atoms in total. The summed E-state index contributed by atoms with van der Waals surface area (Å²) in [6, 6.07) is 4.87. The highest BCUT2D eigenvalue weighted by molar-refractivity contribution is 7.12. The molecule has 0 aliphatic heterocycles. The summed E-state index contributed by atoms with van der Waals surface area (Å²) < 4.78 is 25.3. The second-order valence-electron chi connectivity index (χ2n) is 5.60. The van der Waals surface area contributed by atoms with Gasteiger partial charge in [0.05, 0.1) is 34.1 Å². The van der Waals surface area contributed by atoms with Crippen LogP contribution < -0.4 is 19.5 Å². The molecule has 1 aromatic heterocycles. The number of amides is 1. The first kappa shape index (κ1) is 22.8. The summed E-state index contributed by atoms with van der Waals surface area (Å²) in [5.41, 5.74) is 0.896. The number of carbonyl (C=O) groups is 3. The van der Waals surface area contributed by atoms with Crippen LogP contribution in [0.5, 0.6) is 17.2 Å². The van der Waals surface area contributed by atoms with Gasteiger partial charge >= 0.3 is 11.9 Å². The first-order valence-corrected chi connectivity index (χ1v) is 9.42. The first-order chi connectivity index (χ1) is 14.4. The average Bonchev–Trinajstić information content (AvgIpc) is 3.22. The van der Waals surface area contributed by atoms with Gasteiger partial charge in [-0.15, -0.1) is 11.3 Å². The van der Waals surface area contributed by atoms with Crippen molar-refractivity contribution in [3.05, 3.63) is 40.1 Å².